The number of nitrogens with two attached hydrogens (primary N) is 1. The van der Waals surface area contributed by atoms with Gasteiger partial charge in [0.15, 0.2) is 0 Å². The van der Waals surface area contributed by atoms with Crippen molar-refractivity contribution in [2.24, 2.45) is 5.73 Å². The lowest BCUT2D eigenvalue weighted by atomic mass is 10.2. The normalized spacial score (nSPS) is 12.7. The van der Waals surface area contributed by atoms with Crippen molar-refractivity contribution in [3.8, 4) is 11.5 Å². The van der Waals surface area contributed by atoms with Crippen molar-refractivity contribution in [3.63, 3.8) is 0 Å². The maximum Gasteiger partial charge on any atom is 0.231 e. The van der Waals surface area contributed by atoms with Crippen molar-refractivity contribution in [2.75, 3.05) is 6.54 Å². The molecule has 0 radical (unpaired) electrons. The van der Waals surface area contributed by atoms with E-state index in [-0.39, 0.29) is 5.92 Å². The van der Waals surface area contributed by atoms with E-state index in [2.05, 4.69) is 15.1 Å². The van der Waals surface area contributed by atoms with Crippen LogP contribution < -0.4 is 5.73 Å². The summed E-state index contributed by atoms with van der Waals surface area (Å²) in [5.74, 6) is 1.14. The molecule has 2 heterocycles. The van der Waals surface area contributed by atoms with Gasteiger partial charge >= 0.3 is 0 Å². The van der Waals surface area contributed by atoms with Crippen molar-refractivity contribution in [3.05, 3.63) is 29.8 Å². The van der Waals surface area contributed by atoms with Crippen LogP contribution in [0.1, 0.15) is 24.4 Å². The molecule has 1 unspecified atom stereocenters. The Balaban J connectivity index is 2.31. The summed E-state index contributed by atoms with van der Waals surface area (Å²) in [7, 11) is 0. The smallest absolute Gasteiger partial charge is 0.231 e. The van der Waals surface area contributed by atoms with E-state index < -0.39 is 0 Å². The number of rotatable bonds is 3. The molecule has 84 valence electrons. The van der Waals surface area contributed by atoms with Crippen LogP contribution in [0.4, 0.5) is 0 Å². The van der Waals surface area contributed by atoms with Gasteiger partial charge in [0.05, 0.1) is 0 Å². The topological polar surface area (TPSA) is 77.8 Å². The summed E-state index contributed by atoms with van der Waals surface area (Å²) in [6.07, 6.45) is 0. The molecule has 5 heteroatoms. The zero-order valence-electron chi connectivity index (χ0n) is 9.34. The first-order valence-corrected chi connectivity index (χ1v) is 5.18. The zero-order chi connectivity index (χ0) is 11.5. The maximum absolute atomic E-state index is 5.53. The van der Waals surface area contributed by atoms with E-state index in [1.54, 1.807) is 0 Å². The largest absolute Gasteiger partial charge is 0.339 e. The molecular weight excluding hydrogens is 204 g/mol. The van der Waals surface area contributed by atoms with Crippen LogP contribution in [0.2, 0.25) is 0 Å². The highest BCUT2D eigenvalue weighted by molar-refractivity contribution is 5.48. The quantitative estimate of drug-likeness (QED) is 0.844. The molecule has 0 fully saturated rings. The number of nitrogens with zero attached hydrogens (tertiary/aromatic N) is 3. The van der Waals surface area contributed by atoms with Crippen LogP contribution in [-0.2, 0) is 0 Å². The lowest BCUT2D eigenvalue weighted by molar-refractivity contribution is 0.361. The van der Waals surface area contributed by atoms with Gasteiger partial charge in [0.2, 0.25) is 11.7 Å². The lowest BCUT2D eigenvalue weighted by Gasteiger charge is -1.98. The molecule has 0 saturated carbocycles. The van der Waals surface area contributed by atoms with Gasteiger partial charge in [0.1, 0.15) is 5.69 Å². The summed E-state index contributed by atoms with van der Waals surface area (Å²) in [4.78, 5) is 8.60. The predicted molar refractivity (Wildman–Crippen MR) is 59.7 cm³/mol. The molecule has 16 heavy (non-hydrogen) atoms. The minimum atomic E-state index is 0.0751. The Labute approximate surface area is 93.7 Å². The van der Waals surface area contributed by atoms with E-state index in [0.29, 0.717) is 18.3 Å². The predicted octanol–water partition coefficient (Wildman–Crippen LogP) is 1.50. The minimum Gasteiger partial charge on any atom is -0.339 e. The van der Waals surface area contributed by atoms with Gasteiger partial charge in [-0.2, -0.15) is 4.98 Å². The fourth-order valence-electron chi connectivity index (χ4n) is 1.31. The van der Waals surface area contributed by atoms with Crippen molar-refractivity contribution < 1.29 is 4.52 Å². The number of hydrogen-bond donors (Lipinski definition) is 1. The first-order chi connectivity index (χ1) is 7.70. The van der Waals surface area contributed by atoms with Gasteiger partial charge < -0.3 is 10.3 Å². The molecule has 0 amide bonds. The Morgan fingerprint density at radius 2 is 2.19 bits per heavy atom. The van der Waals surface area contributed by atoms with Gasteiger partial charge in [-0.3, -0.25) is 0 Å². The SMILES string of the molecule is Cc1cccc(-c2noc(C(C)CN)n2)n1. The molecule has 0 aromatic carbocycles. The van der Waals surface area contributed by atoms with E-state index in [0.717, 1.165) is 11.4 Å². The van der Waals surface area contributed by atoms with Crippen LogP contribution in [0.5, 0.6) is 0 Å². The van der Waals surface area contributed by atoms with E-state index in [1.165, 1.54) is 0 Å². The van der Waals surface area contributed by atoms with E-state index in [1.807, 2.05) is 32.0 Å². The molecule has 1 atom stereocenters. The summed E-state index contributed by atoms with van der Waals surface area (Å²) >= 11 is 0. The molecule has 2 rings (SSSR count). The van der Waals surface area contributed by atoms with Gasteiger partial charge in [-0.25, -0.2) is 4.98 Å². The molecule has 0 bridgehead atoms. The van der Waals surface area contributed by atoms with Gasteiger partial charge in [0.25, 0.3) is 0 Å². The van der Waals surface area contributed by atoms with E-state index in [4.69, 9.17) is 10.3 Å². The summed E-state index contributed by atoms with van der Waals surface area (Å²) in [6.45, 7) is 4.36. The average molecular weight is 218 g/mol. The molecule has 0 spiro atoms. The Morgan fingerprint density at radius 3 is 2.88 bits per heavy atom. The molecule has 5 nitrogen and oxygen atoms in total. The Morgan fingerprint density at radius 1 is 1.38 bits per heavy atom. The van der Waals surface area contributed by atoms with Crippen LogP contribution in [-0.4, -0.2) is 21.7 Å². The van der Waals surface area contributed by atoms with Gasteiger partial charge in [0, 0.05) is 18.2 Å². The first kappa shape index (κ1) is 10.8. The van der Waals surface area contributed by atoms with Crippen LogP contribution in [0.15, 0.2) is 22.7 Å². The third-order valence-electron chi connectivity index (χ3n) is 2.33. The molecule has 0 aliphatic heterocycles. The van der Waals surface area contributed by atoms with Crippen molar-refractivity contribution in [2.45, 2.75) is 19.8 Å². The second-order valence-corrected chi connectivity index (χ2v) is 3.76. The second-order valence-electron chi connectivity index (χ2n) is 3.76. The summed E-state index contributed by atoms with van der Waals surface area (Å²) in [6, 6.07) is 5.70. The fourth-order valence-corrected chi connectivity index (χ4v) is 1.31. The third kappa shape index (κ3) is 2.09. The number of aryl methyl sites for hydroxylation is 1. The van der Waals surface area contributed by atoms with E-state index >= 15 is 0 Å². The minimum absolute atomic E-state index is 0.0751. The highest BCUT2D eigenvalue weighted by Crippen LogP contribution is 2.17. The standard InChI is InChI=1S/C11H14N4O/c1-7(6-12)11-14-10(15-16-11)9-5-3-4-8(2)13-9/h3-5,7H,6,12H2,1-2H3. The Hall–Kier alpha value is -1.75. The second kappa shape index (κ2) is 4.40. The van der Waals surface area contributed by atoms with Crippen molar-refractivity contribution in [1.82, 2.24) is 15.1 Å². The summed E-state index contributed by atoms with van der Waals surface area (Å²) in [5, 5.41) is 3.89. The maximum atomic E-state index is 5.53. The van der Waals surface area contributed by atoms with Gasteiger partial charge in [-0.1, -0.05) is 18.1 Å². The number of pyridine rings is 1. The van der Waals surface area contributed by atoms with Gasteiger partial charge in [-0.05, 0) is 19.1 Å². The monoisotopic (exact) mass is 218 g/mol. The average Bonchev–Trinajstić information content (AvgIpc) is 2.77. The highest BCUT2D eigenvalue weighted by atomic mass is 16.5. The number of aromatic nitrogens is 3. The summed E-state index contributed by atoms with van der Waals surface area (Å²) < 4.78 is 5.13. The molecule has 2 aromatic heterocycles. The number of hydrogen-bond acceptors (Lipinski definition) is 5. The van der Waals surface area contributed by atoms with Crippen LogP contribution in [0, 0.1) is 6.92 Å². The first-order valence-electron chi connectivity index (χ1n) is 5.18. The van der Waals surface area contributed by atoms with Crippen LogP contribution in [0.25, 0.3) is 11.5 Å². The molecule has 0 aliphatic carbocycles. The van der Waals surface area contributed by atoms with Crippen molar-refractivity contribution >= 4 is 0 Å². The van der Waals surface area contributed by atoms with Gasteiger partial charge in [-0.15, -0.1) is 0 Å². The fraction of sp³-hybridized carbons (Fsp3) is 0.364. The lowest BCUT2D eigenvalue weighted by Crippen LogP contribution is -2.08. The van der Waals surface area contributed by atoms with E-state index in [9.17, 15) is 0 Å². The molecule has 0 aliphatic rings. The van der Waals surface area contributed by atoms with Crippen LogP contribution >= 0.6 is 0 Å². The molecule has 2 N–H and O–H groups in total. The third-order valence-corrected chi connectivity index (χ3v) is 2.33. The molecule has 0 saturated heterocycles. The van der Waals surface area contributed by atoms with Crippen LogP contribution in [0.3, 0.4) is 0 Å². The van der Waals surface area contributed by atoms with Crippen molar-refractivity contribution in [1.29, 1.82) is 0 Å². The molecule has 2 aromatic rings. The summed E-state index contributed by atoms with van der Waals surface area (Å²) in [5.41, 5.74) is 7.18. The Kier molecular flexibility index (Phi) is 2.96. The highest BCUT2D eigenvalue weighted by Gasteiger charge is 2.14. The Bertz CT molecular complexity index is 480. The zero-order valence-corrected chi connectivity index (χ0v) is 9.34. The molecular formula is C11H14N4O.